The number of carbonyl (C=O) groups is 2. The highest BCUT2D eigenvalue weighted by molar-refractivity contribution is 6.36. The number of aromatic nitrogens is 3. The van der Waals surface area contributed by atoms with Crippen molar-refractivity contribution in [3.63, 3.8) is 0 Å². The van der Waals surface area contributed by atoms with Gasteiger partial charge in [0, 0.05) is 28.5 Å². The van der Waals surface area contributed by atoms with Gasteiger partial charge in [0.2, 0.25) is 0 Å². The predicted molar refractivity (Wildman–Crippen MR) is 138 cm³/mol. The van der Waals surface area contributed by atoms with Gasteiger partial charge in [0.25, 0.3) is 0 Å². The fourth-order valence-corrected chi connectivity index (χ4v) is 4.97. The normalized spacial score (nSPS) is 13.8. The van der Waals surface area contributed by atoms with E-state index < -0.39 is 6.03 Å². The maximum absolute atomic E-state index is 13.6. The molecular formula is C25H22Cl2N6O2. The van der Waals surface area contributed by atoms with E-state index in [0.717, 1.165) is 25.7 Å². The second kappa shape index (κ2) is 9.56. The van der Waals surface area contributed by atoms with Crippen LogP contribution >= 0.6 is 23.2 Å². The first-order valence-corrected chi connectivity index (χ1v) is 11.9. The van der Waals surface area contributed by atoms with Crippen LogP contribution in [0, 0.1) is 0 Å². The van der Waals surface area contributed by atoms with Gasteiger partial charge in [0.05, 0.1) is 21.7 Å². The molecule has 178 valence electrons. The topological polar surface area (TPSA) is 115 Å². The van der Waals surface area contributed by atoms with Gasteiger partial charge >= 0.3 is 6.03 Å². The van der Waals surface area contributed by atoms with Crippen molar-refractivity contribution in [2.75, 3.05) is 16.4 Å². The van der Waals surface area contributed by atoms with Gasteiger partial charge in [0.15, 0.2) is 5.78 Å². The van der Waals surface area contributed by atoms with Crippen LogP contribution in [0.5, 0.6) is 0 Å². The summed E-state index contributed by atoms with van der Waals surface area (Å²) in [7, 11) is 0. The molecule has 0 radical (unpaired) electrons. The van der Waals surface area contributed by atoms with Gasteiger partial charge in [-0.2, -0.15) is 0 Å². The minimum atomic E-state index is -0.505. The SMILES string of the molecule is Nc1ncnc2c1c(C(=O)c1cccc(NC(=O)Nc3ccc(Cl)cc3Cl)c1)cn2C1CCCC1. The highest BCUT2D eigenvalue weighted by Crippen LogP contribution is 2.35. The summed E-state index contributed by atoms with van der Waals surface area (Å²) >= 11 is 12.0. The number of rotatable bonds is 5. The monoisotopic (exact) mass is 508 g/mol. The van der Waals surface area contributed by atoms with Crippen molar-refractivity contribution in [3.8, 4) is 0 Å². The number of nitrogens with zero attached hydrogens (tertiary/aromatic N) is 3. The van der Waals surface area contributed by atoms with Crippen LogP contribution in [0.25, 0.3) is 11.0 Å². The third-order valence-electron chi connectivity index (χ3n) is 6.16. The lowest BCUT2D eigenvalue weighted by molar-refractivity contribution is 0.104. The van der Waals surface area contributed by atoms with Gasteiger partial charge in [-0.05, 0) is 43.2 Å². The lowest BCUT2D eigenvalue weighted by atomic mass is 10.0. The van der Waals surface area contributed by atoms with Crippen molar-refractivity contribution in [1.29, 1.82) is 0 Å². The fourth-order valence-electron chi connectivity index (χ4n) is 4.51. The van der Waals surface area contributed by atoms with Crippen LogP contribution < -0.4 is 16.4 Å². The Morgan fingerprint density at radius 2 is 1.83 bits per heavy atom. The van der Waals surface area contributed by atoms with Gasteiger partial charge in [-0.25, -0.2) is 14.8 Å². The lowest BCUT2D eigenvalue weighted by Crippen LogP contribution is -2.19. The second-order valence-electron chi connectivity index (χ2n) is 8.46. The zero-order chi connectivity index (χ0) is 24.5. The molecule has 1 fully saturated rings. The molecule has 0 bridgehead atoms. The molecule has 0 saturated heterocycles. The molecule has 0 atom stereocenters. The van der Waals surface area contributed by atoms with E-state index in [1.165, 1.54) is 12.4 Å². The van der Waals surface area contributed by atoms with Gasteiger partial charge in [-0.3, -0.25) is 4.79 Å². The Labute approximate surface area is 211 Å². The summed E-state index contributed by atoms with van der Waals surface area (Å²) in [6.45, 7) is 0. The maximum atomic E-state index is 13.6. The number of anilines is 3. The number of nitrogens with one attached hydrogen (secondary N) is 2. The van der Waals surface area contributed by atoms with Gasteiger partial charge in [-0.15, -0.1) is 0 Å². The smallest absolute Gasteiger partial charge is 0.323 e. The molecule has 4 aromatic rings. The molecule has 2 heterocycles. The van der Waals surface area contributed by atoms with Crippen molar-refractivity contribution in [2.45, 2.75) is 31.7 Å². The summed E-state index contributed by atoms with van der Waals surface area (Å²) in [4.78, 5) is 34.6. The minimum Gasteiger partial charge on any atom is -0.383 e. The number of urea groups is 1. The third-order valence-corrected chi connectivity index (χ3v) is 6.71. The molecule has 1 saturated carbocycles. The number of carbonyl (C=O) groups excluding carboxylic acids is 2. The predicted octanol–water partition coefficient (Wildman–Crippen LogP) is 6.31. The summed E-state index contributed by atoms with van der Waals surface area (Å²) < 4.78 is 2.05. The molecule has 10 heteroatoms. The van der Waals surface area contributed by atoms with E-state index in [4.69, 9.17) is 28.9 Å². The quantitative estimate of drug-likeness (QED) is 0.273. The summed E-state index contributed by atoms with van der Waals surface area (Å²) in [6.07, 6.45) is 7.62. The van der Waals surface area contributed by atoms with Crippen LogP contribution in [-0.4, -0.2) is 26.3 Å². The lowest BCUT2D eigenvalue weighted by Gasteiger charge is -2.12. The molecule has 8 nitrogen and oxygen atoms in total. The van der Waals surface area contributed by atoms with Crippen molar-refractivity contribution in [1.82, 2.24) is 14.5 Å². The molecule has 2 aromatic heterocycles. The van der Waals surface area contributed by atoms with E-state index in [2.05, 4.69) is 25.2 Å². The van der Waals surface area contributed by atoms with Crippen molar-refractivity contribution in [2.24, 2.45) is 0 Å². The molecule has 4 N–H and O–H groups in total. The van der Waals surface area contributed by atoms with E-state index in [-0.39, 0.29) is 17.6 Å². The number of nitrogens with two attached hydrogens (primary N) is 1. The van der Waals surface area contributed by atoms with Crippen molar-refractivity contribution >= 4 is 63.2 Å². The Morgan fingerprint density at radius 1 is 1.03 bits per heavy atom. The van der Waals surface area contributed by atoms with Crippen LogP contribution in [0.4, 0.5) is 22.0 Å². The van der Waals surface area contributed by atoms with Crippen LogP contribution in [-0.2, 0) is 0 Å². The average molecular weight is 509 g/mol. The van der Waals surface area contributed by atoms with Crippen LogP contribution in [0.3, 0.4) is 0 Å². The maximum Gasteiger partial charge on any atom is 0.323 e. The Kier molecular flexibility index (Phi) is 6.32. The van der Waals surface area contributed by atoms with Gasteiger partial charge in [-0.1, -0.05) is 48.2 Å². The number of benzene rings is 2. The van der Waals surface area contributed by atoms with E-state index in [9.17, 15) is 9.59 Å². The number of hydrogen-bond donors (Lipinski definition) is 3. The molecule has 35 heavy (non-hydrogen) atoms. The summed E-state index contributed by atoms with van der Waals surface area (Å²) in [5.74, 6) is 0.0432. The van der Waals surface area contributed by atoms with Gasteiger partial charge < -0.3 is 20.9 Å². The molecule has 5 rings (SSSR count). The molecule has 0 unspecified atom stereocenters. The molecular weight excluding hydrogens is 487 g/mol. The minimum absolute atomic E-state index is 0.224. The Morgan fingerprint density at radius 3 is 2.60 bits per heavy atom. The summed E-state index contributed by atoms with van der Waals surface area (Å²) in [6, 6.07) is 11.3. The standard InChI is InChI=1S/C25H22Cl2N6O2/c26-15-8-9-20(19(27)11-15)32-25(35)31-16-5-3-4-14(10-16)22(34)18-12-33(17-6-1-2-7-17)24-21(18)23(28)29-13-30-24/h3-5,8-13,17H,1-2,6-7H2,(H2,28,29,30)(H2,31,32,35). The summed E-state index contributed by atoms with van der Waals surface area (Å²) in [5, 5.41) is 6.73. The Bertz CT molecular complexity index is 1450. The number of halogens is 2. The highest BCUT2D eigenvalue weighted by Gasteiger charge is 2.25. The summed E-state index contributed by atoms with van der Waals surface area (Å²) in [5.41, 5.74) is 8.55. The number of nitrogen functional groups attached to an aromatic ring is 1. The molecule has 0 spiro atoms. The van der Waals surface area contributed by atoms with E-state index >= 15 is 0 Å². The molecule has 1 aliphatic rings. The van der Waals surface area contributed by atoms with Crippen LogP contribution in [0.1, 0.15) is 47.6 Å². The Hall–Kier alpha value is -3.62. The number of fused-ring (bicyclic) bond motifs is 1. The second-order valence-corrected chi connectivity index (χ2v) is 9.30. The zero-order valence-corrected chi connectivity index (χ0v) is 20.1. The zero-order valence-electron chi connectivity index (χ0n) is 18.6. The highest BCUT2D eigenvalue weighted by atomic mass is 35.5. The molecule has 2 amide bonds. The first kappa shape index (κ1) is 23.1. The van der Waals surface area contributed by atoms with E-state index in [0.29, 0.717) is 43.6 Å². The van der Waals surface area contributed by atoms with Crippen LogP contribution in [0.15, 0.2) is 55.0 Å². The molecule has 2 aromatic carbocycles. The third kappa shape index (κ3) is 4.67. The fraction of sp³-hybridized carbons (Fsp3) is 0.200. The van der Waals surface area contributed by atoms with Gasteiger partial charge in [0.1, 0.15) is 17.8 Å². The molecule has 0 aliphatic heterocycles. The number of ketones is 1. The van der Waals surface area contributed by atoms with E-state index in [1.807, 2.05) is 6.20 Å². The average Bonchev–Trinajstić information content (AvgIpc) is 3.49. The largest absolute Gasteiger partial charge is 0.383 e. The van der Waals surface area contributed by atoms with Crippen LogP contribution in [0.2, 0.25) is 10.0 Å². The first-order valence-electron chi connectivity index (χ1n) is 11.2. The van der Waals surface area contributed by atoms with Crippen molar-refractivity contribution < 1.29 is 9.59 Å². The number of amides is 2. The Balaban J connectivity index is 1.41. The number of hydrogen-bond acceptors (Lipinski definition) is 5. The van der Waals surface area contributed by atoms with E-state index in [1.54, 1.807) is 36.4 Å². The first-order chi connectivity index (χ1) is 16.9. The molecule has 1 aliphatic carbocycles. The van der Waals surface area contributed by atoms with Crippen molar-refractivity contribution in [3.05, 3.63) is 76.2 Å².